The molecule has 0 aromatic heterocycles. The molecule has 2 rings (SSSR count). The molecular formula is C26H38O. The van der Waals surface area contributed by atoms with Crippen molar-refractivity contribution in [3.8, 4) is 16.9 Å². The monoisotopic (exact) mass is 366 g/mol. The van der Waals surface area contributed by atoms with E-state index in [0.29, 0.717) is 11.7 Å². The molecule has 0 aliphatic heterocycles. The fourth-order valence-corrected chi connectivity index (χ4v) is 4.08. The standard InChI is InChI=1S/C26H38O/c1-3-5-6-7-8-9-10-11-12-17-22(4-2)23-18-13-14-19-24(23)25-20-15-16-21-26(25)27/h13-16,18-22,27H,3-12,17H2,1-2H3. The van der Waals surface area contributed by atoms with Gasteiger partial charge in [0.25, 0.3) is 0 Å². The van der Waals surface area contributed by atoms with E-state index in [2.05, 4.69) is 38.1 Å². The Labute approximate surface area is 166 Å². The smallest absolute Gasteiger partial charge is 0.123 e. The van der Waals surface area contributed by atoms with Crippen LogP contribution in [0.15, 0.2) is 48.5 Å². The summed E-state index contributed by atoms with van der Waals surface area (Å²) in [5.41, 5.74) is 3.54. The first-order valence-corrected chi connectivity index (χ1v) is 11.1. The lowest BCUT2D eigenvalue weighted by Crippen LogP contribution is -2.00. The average molecular weight is 367 g/mol. The van der Waals surface area contributed by atoms with E-state index in [4.69, 9.17) is 0 Å². The number of aromatic hydroxyl groups is 1. The summed E-state index contributed by atoms with van der Waals surface area (Å²) in [5, 5.41) is 10.3. The van der Waals surface area contributed by atoms with E-state index in [1.54, 1.807) is 6.07 Å². The van der Waals surface area contributed by atoms with E-state index in [-0.39, 0.29) is 0 Å². The second-order valence-corrected chi connectivity index (χ2v) is 7.83. The quantitative estimate of drug-likeness (QED) is 0.352. The number of rotatable bonds is 13. The van der Waals surface area contributed by atoms with E-state index in [0.717, 1.165) is 12.0 Å². The van der Waals surface area contributed by atoms with Gasteiger partial charge in [-0.05, 0) is 36.0 Å². The topological polar surface area (TPSA) is 20.2 Å². The Bertz CT molecular complexity index is 646. The number of hydrogen-bond donors (Lipinski definition) is 1. The van der Waals surface area contributed by atoms with Gasteiger partial charge in [-0.3, -0.25) is 0 Å². The third-order valence-electron chi connectivity index (χ3n) is 5.74. The normalized spacial score (nSPS) is 12.2. The molecule has 0 saturated heterocycles. The molecular weight excluding hydrogens is 328 g/mol. The van der Waals surface area contributed by atoms with Crippen LogP contribution in [-0.4, -0.2) is 5.11 Å². The predicted molar refractivity (Wildman–Crippen MR) is 118 cm³/mol. The minimum atomic E-state index is 0.378. The van der Waals surface area contributed by atoms with Crippen LogP contribution in [0.2, 0.25) is 0 Å². The molecule has 1 heteroatoms. The number of hydrogen-bond acceptors (Lipinski definition) is 1. The number of phenolic OH excluding ortho intramolecular Hbond substituents is 1. The summed E-state index contributed by atoms with van der Waals surface area (Å²) in [6, 6.07) is 16.3. The molecule has 148 valence electrons. The maximum atomic E-state index is 10.3. The first-order valence-electron chi connectivity index (χ1n) is 11.1. The lowest BCUT2D eigenvalue weighted by atomic mass is 9.85. The van der Waals surface area contributed by atoms with E-state index < -0.39 is 0 Å². The predicted octanol–water partition coefficient (Wildman–Crippen LogP) is 8.47. The maximum Gasteiger partial charge on any atom is 0.123 e. The summed E-state index contributed by atoms with van der Waals surface area (Å²) in [5.74, 6) is 0.952. The number of unbranched alkanes of at least 4 members (excludes halogenated alkanes) is 8. The molecule has 0 saturated carbocycles. The van der Waals surface area contributed by atoms with Crippen LogP contribution in [0.3, 0.4) is 0 Å². The molecule has 0 aliphatic rings. The highest BCUT2D eigenvalue weighted by Crippen LogP contribution is 2.37. The highest BCUT2D eigenvalue weighted by Gasteiger charge is 2.15. The van der Waals surface area contributed by atoms with Crippen LogP contribution in [0.4, 0.5) is 0 Å². The summed E-state index contributed by atoms with van der Waals surface area (Å²) in [6.45, 7) is 4.57. The molecule has 1 unspecified atom stereocenters. The van der Waals surface area contributed by atoms with Crippen molar-refractivity contribution in [1.29, 1.82) is 0 Å². The average Bonchev–Trinajstić information content (AvgIpc) is 2.70. The zero-order chi connectivity index (χ0) is 19.3. The zero-order valence-electron chi connectivity index (χ0n) is 17.4. The van der Waals surface area contributed by atoms with Gasteiger partial charge in [0.2, 0.25) is 0 Å². The van der Waals surface area contributed by atoms with Crippen molar-refractivity contribution in [2.75, 3.05) is 0 Å². The Morgan fingerprint density at radius 1 is 0.667 bits per heavy atom. The third-order valence-corrected chi connectivity index (χ3v) is 5.74. The molecule has 2 aromatic rings. The van der Waals surface area contributed by atoms with Crippen molar-refractivity contribution >= 4 is 0 Å². The fourth-order valence-electron chi connectivity index (χ4n) is 4.08. The molecule has 0 fully saturated rings. The largest absolute Gasteiger partial charge is 0.507 e. The summed E-state index contributed by atoms with van der Waals surface area (Å²) in [7, 11) is 0. The van der Waals surface area contributed by atoms with Crippen LogP contribution >= 0.6 is 0 Å². The van der Waals surface area contributed by atoms with Crippen LogP contribution in [0.1, 0.15) is 96.0 Å². The van der Waals surface area contributed by atoms with Crippen molar-refractivity contribution in [3.63, 3.8) is 0 Å². The number of phenols is 1. The first-order chi connectivity index (χ1) is 13.3. The highest BCUT2D eigenvalue weighted by molar-refractivity contribution is 5.73. The molecule has 0 spiro atoms. The van der Waals surface area contributed by atoms with Gasteiger partial charge in [-0.2, -0.15) is 0 Å². The zero-order valence-corrected chi connectivity index (χ0v) is 17.4. The molecule has 1 nitrogen and oxygen atoms in total. The summed E-state index contributed by atoms with van der Waals surface area (Å²) < 4.78 is 0. The molecule has 1 N–H and O–H groups in total. The van der Waals surface area contributed by atoms with Gasteiger partial charge in [0.15, 0.2) is 0 Å². The van der Waals surface area contributed by atoms with Gasteiger partial charge in [-0.15, -0.1) is 0 Å². The summed E-state index contributed by atoms with van der Waals surface area (Å²) in [4.78, 5) is 0. The number of benzene rings is 2. The third kappa shape index (κ3) is 7.05. The lowest BCUT2D eigenvalue weighted by Gasteiger charge is -2.20. The van der Waals surface area contributed by atoms with Crippen LogP contribution in [-0.2, 0) is 0 Å². The summed E-state index contributed by atoms with van der Waals surface area (Å²) in [6.07, 6.45) is 14.8. The van der Waals surface area contributed by atoms with Gasteiger partial charge in [-0.1, -0.05) is 114 Å². The molecule has 0 bridgehead atoms. The van der Waals surface area contributed by atoms with Crippen molar-refractivity contribution < 1.29 is 5.11 Å². The van der Waals surface area contributed by atoms with Gasteiger partial charge in [0.05, 0.1) is 0 Å². The Kier molecular flexibility index (Phi) is 10.0. The van der Waals surface area contributed by atoms with Crippen LogP contribution in [0.25, 0.3) is 11.1 Å². The van der Waals surface area contributed by atoms with Crippen LogP contribution < -0.4 is 0 Å². The van der Waals surface area contributed by atoms with Crippen molar-refractivity contribution in [1.82, 2.24) is 0 Å². The van der Waals surface area contributed by atoms with Gasteiger partial charge >= 0.3 is 0 Å². The van der Waals surface area contributed by atoms with E-state index in [1.807, 2.05) is 18.2 Å². The van der Waals surface area contributed by atoms with Crippen molar-refractivity contribution in [2.24, 2.45) is 0 Å². The number of para-hydroxylation sites is 1. The minimum Gasteiger partial charge on any atom is -0.507 e. The second kappa shape index (κ2) is 12.6. The highest BCUT2D eigenvalue weighted by atomic mass is 16.3. The maximum absolute atomic E-state index is 10.3. The Morgan fingerprint density at radius 2 is 1.22 bits per heavy atom. The Hall–Kier alpha value is -1.76. The molecule has 0 amide bonds. The second-order valence-electron chi connectivity index (χ2n) is 7.83. The van der Waals surface area contributed by atoms with Gasteiger partial charge < -0.3 is 5.11 Å². The molecule has 0 radical (unpaired) electrons. The lowest BCUT2D eigenvalue weighted by molar-refractivity contribution is 0.477. The van der Waals surface area contributed by atoms with Crippen molar-refractivity contribution in [3.05, 3.63) is 54.1 Å². The minimum absolute atomic E-state index is 0.378. The van der Waals surface area contributed by atoms with Crippen LogP contribution in [0, 0.1) is 0 Å². The van der Waals surface area contributed by atoms with Gasteiger partial charge in [-0.25, -0.2) is 0 Å². The molecule has 27 heavy (non-hydrogen) atoms. The van der Waals surface area contributed by atoms with E-state index in [9.17, 15) is 5.11 Å². The molecule has 1 atom stereocenters. The van der Waals surface area contributed by atoms with Gasteiger partial charge in [0, 0.05) is 5.56 Å². The summed E-state index contributed by atoms with van der Waals surface area (Å²) >= 11 is 0. The Morgan fingerprint density at radius 3 is 1.85 bits per heavy atom. The van der Waals surface area contributed by atoms with Gasteiger partial charge in [0.1, 0.15) is 5.75 Å². The SMILES string of the molecule is CCCCCCCCCCCC(CC)c1ccccc1-c1ccccc1O. The van der Waals surface area contributed by atoms with E-state index in [1.165, 1.54) is 75.3 Å². The fraction of sp³-hybridized carbons (Fsp3) is 0.538. The molecule has 2 aromatic carbocycles. The van der Waals surface area contributed by atoms with Crippen LogP contribution in [0.5, 0.6) is 5.75 Å². The van der Waals surface area contributed by atoms with Crippen molar-refractivity contribution in [2.45, 2.75) is 90.4 Å². The Balaban J connectivity index is 1.86. The first kappa shape index (κ1) is 21.5. The molecule has 0 aliphatic carbocycles. The van der Waals surface area contributed by atoms with E-state index >= 15 is 0 Å². The molecule has 0 heterocycles.